The predicted octanol–water partition coefficient (Wildman–Crippen LogP) is 0.978. The van der Waals surface area contributed by atoms with E-state index in [2.05, 4.69) is 36.8 Å². The lowest BCUT2D eigenvalue weighted by Gasteiger charge is -2.09. The molecule has 0 aliphatic heterocycles. The Balaban J connectivity index is 2.65. The maximum atomic E-state index is 11.3. The van der Waals surface area contributed by atoms with E-state index in [1.807, 2.05) is 0 Å². The maximum absolute atomic E-state index is 11.3. The molecule has 5 nitrogen and oxygen atoms in total. The second-order valence-electron chi connectivity index (χ2n) is 3.29. The number of halogens is 2. The number of hydrogen-bond donors (Lipinski definition) is 1. The Labute approximate surface area is 109 Å². The highest BCUT2D eigenvalue weighted by atomic mass is 79.9. The highest BCUT2D eigenvalue weighted by Crippen LogP contribution is 2.03. The number of ether oxygens (including phenoxy) is 1. The van der Waals surface area contributed by atoms with Gasteiger partial charge in [-0.1, -0.05) is 31.9 Å². The quantitative estimate of drug-likeness (QED) is 0.801. The van der Waals surface area contributed by atoms with Gasteiger partial charge in [-0.15, -0.1) is 0 Å². The molecule has 1 atom stereocenters. The Kier molecular flexibility index (Phi) is 5.43. The first-order valence-corrected chi connectivity index (χ1v) is 6.66. The van der Waals surface area contributed by atoms with Crippen molar-refractivity contribution in [2.45, 2.75) is 18.5 Å². The Hall–Kier alpha value is -0.400. The Morgan fingerprint density at radius 2 is 2.25 bits per heavy atom. The fourth-order valence-electron chi connectivity index (χ4n) is 1.04. The van der Waals surface area contributed by atoms with Crippen LogP contribution in [0.15, 0.2) is 15.8 Å². The van der Waals surface area contributed by atoms with Crippen LogP contribution in [0.3, 0.4) is 0 Å². The number of H-pyrrole nitrogens is 1. The molecule has 0 unspecified atom stereocenters. The molecular weight excluding hydrogens is 344 g/mol. The van der Waals surface area contributed by atoms with Crippen LogP contribution >= 0.6 is 31.9 Å². The van der Waals surface area contributed by atoms with E-state index < -0.39 is 5.69 Å². The number of rotatable bonds is 5. The van der Waals surface area contributed by atoms with E-state index in [9.17, 15) is 9.59 Å². The first-order valence-electron chi connectivity index (χ1n) is 4.62. The zero-order chi connectivity index (χ0) is 12.1. The van der Waals surface area contributed by atoms with Crippen molar-refractivity contribution in [3.05, 3.63) is 32.6 Å². The first kappa shape index (κ1) is 13.7. The minimum atomic E-state index is -0.458. The average Bonchev–Trinajstić information content (AvgIpc) is 2.25. The molecule has 1 aromatic heterocycles. The van der Waals surface area contributed by atoms with Gasteiger partial charge in [0.05, 0.1) is 6.61 Å². The molecule has 0 spiro atoms. The van der Waals surface area contributed by atoms with E-state index in [0.29, 0.717) is 12.2 Å². The molecule has 1 N–H and O–H groups in total. The van der Waals surface area contributed by atoms with Crippen molar-refractivity contribution in [3.8, 4) is 0 Å². The van der Waals surface area contributed by atoms with E-state index in [1.54, 1.807) is 6.92 Å². The molecule has 7 heteroatoms. The van der Waals surface area contributed by atoms with Crippen LogP contribution in [-0.2, 0) is 11.5 Å². The van der Waals surface area contributed by atoms with Crippen molar-refractivity contribution in [1.29, 1.82) is 0 Å². The summed E-state index contributed by atoms with van der Waals surface area (Å²) >= 11 is 6.67. The third kappa shape index (κ3) is 3.88. The molecule has 1 aromatic rings. The molecule has 90 valence electrons. The summed E-state index contributed by atoms with van der Waals surface area (Å²) < 4.78 is 6.64. The molecule has 0 bridgehead atoms. The second-order valence-corrected chi connectivity index (χ2v) is 5.24. The van der Waals surface area contributed by atoms with Crippen LogP contribution in [-0.4, -0.2) is 26.3 Å². The molecule has 0 aliphatic carbocycles. The summed E-state index contributed by atoms with van der Waals surface area (Å²) in [6.45, 7) is 2.25. The second kappa shape index (κ2) is 6.36. The van der Waals surface area contributed by atoms with E-state index in [-0.39, 0.29) is 17.1 Å². The fourth-order valence-corrected chi connectivity index (χ4v) is 1.41. The molecule has 1 rings (SSSR count). The van der Waals surface area contributed by atoms with Crippen LogP contribution in [0, 0.1) is 6.92 Å². The third-order valence-electron chi connectivity index (χ3n) is 1.89. The Bertz CT molecular complexity index is 455. The standard InChI is InChI=1S/C9H12Br2N2O3/c1-6-3-13(9(15)12-8(6)14)5-16-4-7(11)2-10/h3,7H,2,4-5H2,1H3,(H,12,14,15)/t7-/m1/s1. The minimum Gasteiger partial charge on any atom is -0.359 e. The number of aromatic nitrogens is 2. The van der Waals surface area contributed by atoms with Crippen molar-refractivity contribution in [3.63, 3.8) is 0 Å². The maximum Gasteiger partial charge on any atom is 0.330 e. The number of alkyl halides is 2. The van der Waals surface area contributed by atoms with Crippen molar-refractivity contribution < 1.29 is 4.74 Å². The van der Waals surface area contributed by atoms with Gasteiger partial charge in [0.15, 0.2) is 0 Å². The molecule has 0 saturated carbocycles. The van der Waals surface area contributed by atoms with Crippen molar-refractivity contribution in [1.82, 2.24) is 9.55 Å². The summed E-state index contributed by atoms with van der Waals surface area (Å²) in [6, 6.07) is 0. The zero-order valence-electron chi connectivity index (χ0n) is 8.70. The van der Waals surface area contributed by atoms with Crippen LogP contribution in [0.4, 0.5) is 0 Å². The summed E-state index contributed by atoms with van der Waals surface area (Å²) in [5.41, 5.74) is -0.334. The number of nitrogens with one attached hydrogen (secondary N) is 1. The molecule has 0 aromatic carbocycles. The summed E-state index contributed by atoms with van der Waals surface area (Å²) in [7, 11) is 0. The number of aryl methyl sites for hydroxylation is 1. The predicted molar refractivity (Wildman–Crippen MR) is 68.5 cm³/mol. The van der Waals surface area contributed by atoms with E-state index in [4.69, 9.17) is 4.74 Å². The SMILES string of the molecule is Cc1cn(COC[C@H](Br)CBr)c(=O)[nH]c1=O. The van der Waals surface area contributed by atoms with E-state index in [0.717, 1.165) is 5.33 Å². The van der Waals surface area contributed by atoms with Gasteiger partial charge in [-0.3, -0.25) is 14.3 Å². The number of hydrogen-bond acceptors (Lipinski definition) is 3. The monoisotopic (exact) mass is 354 g/mol. The van der Waals surface area contributed by atoms with Gasteiger partial charge in [0.2, 0.25) is 0 Å². The van der Waals surface area contributed by atoms with Gasteiger partial charge in [0, 0.05) is 21.9 Å². The van der Waals surface area contributed by atoms with E-state index in [1.165, 1.54) is 10.8 Å². The molecule has 0 amide bonds. The third-order valence-corrected chi connectivity index (χ3v) is 4.12. The van der Waals surface area contributed by atoms with Gasteiger partial charge >= 0.3 is 5.69 Å². The summed E-state index contributed by atoms with van der Waals surface area (Å²) in [6.07, 6.45) is 1.48. The van der Waals surface area contributed by atoms with Crippen LogP contribution in [0.1, 0.15) is 5.56 Å². The highest BCUT2D eigenvalue weighted by molar-refractivity contribution is 9.12. The minimum absolute atomic E-state index is 0.131. The van der Waals surface area contributed by atoms with Crippen molar-refractivity contribution in [2.24, 2.45) is 0 Å². The normalized spacial score (nSPS) is 12.7. The number of nitrogens with zero attached hydrogens (tertiary/aromatic N) is 1. The molecule has 0 radical (unpaired) electrons. The molecule has 0 fully saturated rings. The van der Waals surface area contributed by atoms with Gasteiger partial charge in [0.25, 0.3) is 5.56 Å². The molecule has 1 heterocycles. The van der Waals surface area contributed by atoms with Gasteiger partial charge < -0.3 is 4.74 Å². The fraction of sp³-hybridized carbons (Fsp3) is 0.556. The highest BCUT2D eigenvalue weighted by Gasteiger charge is 2.03. The van der Waals surface area contributed by atoms with Gasteiger partial charge in [-0.05, 0) is 6.92 Å². The summed E-state index contributed by atoms with van der Waals surface area (Å²) in [5, 5.41) is 0.770. The van der Waals surface area contributed by atoms with Crippen LogP contribution in [0.2, 0.25) is 0 Å². The van der Waals surface area contributed by atoms with Crippen LogP contribution in [0.5, 0.6) is 0 Å². The topological polar surface area (TPSA) is 64.1 Å². The molecule has 16 heavy (non-hydrogen) atoms. The van der Waals surface area contributed by atoms with Crippen LogP contribution < -0.4 is 11.2 Å². The Morgan fingerprint density at radius 1 is 1.56 bits per heavy atom. The first-order chi connectivity index (χ1) is 7.54. The lowest BCUT2D eigenvalue weighted by atomic mass is 10.4. The van der Waals surface area contributed by atoms with Crippen molar-refractivity contribution in [2.75, 3.05) is 11.9 Å². The zero-order valence-corrected chi connectivity index (χ0v) is 11.9. The smallest absolute Gasteiger partial charge is 0.330 e. The molecular formula is C9H12Br2N2O3. The average molecular weight is 356 g/mol. The van der Waals surface area contributed by atoms with Gasteiger partial charge in [-0.25, -0.2) is 4.79 Å². The number of aromatic amines is 1. The molecule has 0 aliphatic rings. The molecule has 0 saturated heterocycles. The largest absolute Gasteiger partial charge is 0.359 e. The van der Waals surface area contributed by atoms with Gasteiger partial charge in [-0.2, -0.15) is 0 Å². The van der Waals surface area contributed by atoms with Gasteiger partial charge in [0.1, 0.15) is 6.73 Å². The summed E-state index contributed by atoms with van der Waals surface area (Å²) in [4.78, 5) is 24.9. The Morgan fingerprint density at radius 3 is 2.88 bits per heavy atom. The van der Waals surface area contributed by atoms with Crippen molar-refractivity contribution >= 4 is 31.9 Å². The lowest BCUT2D eigenvalue weighted by Crippen LogP contribution is -2.31. The summed E-state index contributed by atoms with van der Waals surface area (Å²) in [5.74, 6) is 0. The van der Waals surface area contributed by atoms with E-state index >= 15 is 0 Å². The van der Waals surface area contributed by atoms with Crippen LogP contribution in [0.25, 0.3) is 0 Å². The lowest BCUT2D eigenvalue weighted by molar-refractivity contribution is 0.0778.